The molecule has 2 N–H and O–H groups in total. The van der Waals surface area contributed by atoms with Crippen molar-refractivity contribution in [1.82, 2.24) is 25.6 Å². The van der Waals surface area contributed by atoms with Crippen LogP contribution in [0.15, 0.2) is 30.7 Å². The number of alkyl halides is 3. The number of halogens is 4. The first-order valence-corrected chi connectivity index (χ1v) is 12.4. The van der Waals surface area contributed by atoms with Gasteiger partial charge in [0.25, 0.3) is 5.91 Å². The number of thiazole rings is 1. The van der Waals surface area contributed by atoms with Crippen LogP contribution in [-0.2, 0) is 17.3 Å². The largest absolute Gasteiger partial charge is 0.491 e. The van der Waals surface area contributed by atoms with Crippen molar-refractivity contribution in [2.24, 2.45) is 0 Å². The van der Waals surface area contributed by atoms with Crippen molar-refractivity contribution in [2.45, 2.75) is 38.6 Å². The van der Waals surface area contributed by atoms with Gasteiger partial charge in [0.2, 0.25) is 5.82 Å². The summed E-state index contributed by atoms with van der Waals surface area (Å²) in [7, 11) is 0. The number of nitrogens with zero attached hydrogens (tertiary/aromatic N) is 3. The summed E-state index contributed by atoms with van der Waals surface area (Å²) in [6.07, 6.45) is -0.560. The maximum atomic E-state index is 15.6. The summed E-state index contributed by atoms with van der Waals surface area (Å²) in [6, 6.07) is 1.98. The predicted molar refractivity (Wildman–Crippen MR) is 128 cm³/mol. The molecule has 0 radical (unpaired) electrons. The molecule has 8 nitrogen and oxygen atoms in total. The van der Waals surface area contributed by atoms with E-state index < -0.39 is 29.8 Å². The fourth-order valence-electron chi connectivity index (χ4n) is 3.58. The van der Waals surface area contributed by atoms with Gasteiger partial charge in [-0.3, -0.25) is 4.79 Å². The normalized spacial score (nSPS) is 16.9. The smallest absolute Gasteiger partial charge is 0.451 e. The molecule has 1 aliphatic rings. The average molecular weight is 540 g/mol. The van der Waals surface area contributed by atoms with Gasteiger partial charge in [-0.2, -0.15) is 13.2 Å². The monoisotopic (exact) mass is 539 g/mol. The number of rotatable bonds is 8. The van der Waals surface area contributed by atoms with Crippen LogP contribution in [-0.4, -0.2) is 53.3 Å². The highest BCUT2D eigenvalue weighted by atomic mass is 32.1. The van der Waals surface area contributed by atoms with Crippen LogP contribution in [0.3, 0.4) is 0 Å². The van der Waals surface area contributed by atoms with Crippen LogP contribution in [0.5, 0.6) is 5.75 Å². The van der Waals surface area contributed by atoms with Crippen molar-refractivity contribution in [1.29, 1.82) is 0 Å². The standard InChI is InChI=1S/C24H25F4N5O3S/c1-3-17-11-30-22(37-17)19-7-15(36-12-16-10-29-4-5-35-16)6-18(20(19)25)21(34)33-13(2)14-8-31-23(32-9-14)24(26,27)28/h6-9,11,13,16,29H,3-5,10,12H2,1-2H3,(H,33,34)/t13-,16-/m1/s1. The first-order chi connectivity index (χ1) is 17.7. The maximum absolute atomic E-state index is 15.6. The lowest BCUT2D eigenvalue weighted by Crippen LogP contribution is -2.41. The van der Waals surface area contributed by atoms with E-state index in [1.165, 1.54) is 30.4 Å². The predicted octanol–water partition coefficient (Wildman–Crippen LogP) is 4.18. The Kier molecular flexibility index (Phi) is 8.35. The number of nitrogens with one attached hydrogen (secondary N) is 2. The molecule has 13 heteroatoms. The summed E-state index contributed by atoms with van der Waals surface area (Å²) in [5.74, 6) is -2.59. The van der Waals surface area contributed by atoms with Crippen LogP contribution < -0.4 is 15.4 Å². The number of hydrogen-bond acceptors (Lipinski definition) is 8. The van der Waals surface area contributed by atoms with E-state index in [1.807, 2.05) is 6.92 Å². The van der Waals surface area contributed by atoms with Crippen molar-refractivity contribution in [2.75, 3.05) is 26.3 Å². The molecule has 198 valence electrons. The second kappa shape index (κ2) is 11.5. The number of morpholine rings is 1. The molecule has 0 aliphatic carbocycles. The van der Waals surface area contributed by atoms with Crippen LogP contribution in [0.2, 0.25) is 0 Å². The molecule has 1 aliphatic heterocycles. The van der Waals surface area contributed by atoms with Gasteiger partial charge in [0.15, 0.2) is 0 Å². The third-order valence-corrected chi connectivity index (χ3v) is 6.81. The van der Waals surface area contributed by atoms with Crippen molar-refractivity contribution in [3.63, 3.8) is 0 Å². The van der Waals surface area contributed by atoms with Gasteiger partial charge in [-0.05, 0) is 25.5 Å². The van der Waals surface area contributed by atoms with E-state index in [2.05, 4.69) is 25.6 Å². The molecule has 2 atom stereocenters. The number of aromatic nitrogens is 3. The Bertz CT molecular complexity index is 1230. The Morgan fingerprint density at radius 2 is 2.03 bits per heavy atom. The lowest BCUT2D eigenvalue weighted by Gasteiger charge is -2.24. The van der Waals surface area contributed by atoms with Crippen LogP contribution >= 0.6 is 11.3 Å². The van der Waals surface area contributed by atoms with Crippen molar-refractivity contribution >= 4 is 17.2 Å². The Morgan fingerprint density at radius 1 is 1.27 bits per heavy atom. The second-order valence-electron chi connectivity index (χ2n) is 8.36. The lowest BCUT2D eigenvalue weighted by molar-refractivity contribution is -0.145. The topological polar surface area (TPSA) is 98.3 Å². The molecule has 4 rings (SSSR count). The van der Waals surface area contributed by atoms with E-state index in [-0.39, 0.29) is 35.2 Å². The molecule has 0 spiro atoms. The molecule has 1 saturated heterocycles. The average Bonchev–Trinajstić information content (AvgIpc) is 3.37. The summed E-state index contributed by atoms with van der Waals surface area (Å²) >= 11 is 1.31. The minimum atomic E-state index is -4.68. The maximum Gasteiger partial charge on any atom is 0.451 e. The quantitative estimate of drug-likeness (QED) is 0.415. The van der Waals surface area contributed by atoms with Gasteiger partial charge in [-0.25, -0.2) is 19.3 Å². The second-order valence-corrected chi connectivity index (χ2v) is 9.47. The molecule has 1 fully saturated rings. The number of aryl methyl sites for hydroxylation is 1. The van der Waals surface area contributed by atoms with E-state index in [1.54, 1.807) is 6.20 Å². The van der Waals surface area contributed by atoms with Crippen molar-refractivity contribution in [3.8, 4) is 16.3 Å². The SMILES string of the molecule is CCc1cnc(-c2cc(OC[C@H]3CNCCO3)cc(C(=O)N[C@H](C)c3cnc(C(F)(F)F)nc3)c2F)s1. The Balaban J connectivity index is 1.59. The molecule has 3 aromatic rings. The van der Waals surface area contributed by atoms with Gasteiger partial charge >= 0.3 is 6.18 Å². The Hall–Kier alpha value is -3.16. The molecule has 1 amide bonds. The third-order valence-electron chi connectivity index (χ3n) is 5.64. The van der Waals surface area contributed by atoms with Gasteiger partial charge in [0.1, 0.15) is 29.3 Å². The van der Waals surface area contributed by atoms with Crippen LogP contribution in [0.25, 0.3) is 10.6 Å². The zero-order valence-corrected chi connectivity index (χ0v) is 20.9. The number of amides is 1. The van der Waals surface area contributed by atoms with Gasteiger partial charge in [-0.15, -0.1) is 11.3 Å². The molecule has 2 aromatic heterocycles. The van der Waals surface area contributed by atoms with Crippen LogP contribution in [0.1, 0.15) is 46.5 Å². The number of carbonyl (C=O) groups excluding carboxylic acids is 1. The van der Waals surface area contributed by atoms with Gasteiger partial charge < -0.3 is 20.1 Å². The minimum Gasteiger partial charge on any atom is -0.491 e. The van der Waals surface area contributed by atoms with Crippen LogP contribution in [0, 0.1) is 5.82 Å². The summed E-state index contributed by atoms with van der Waals surface area (Å²) in [5.41, 5.74) is 0.0486. The van der Waals surface area contributed by atoms with E-state index in [4.69, 9.17) is 9.47 Å². The fraction of sp³-hybridized carbons (Fsp3) is 0.417. The third kappa shape index (κ3) is 6.59. The van der Waals surface area contributed by atoms with Crippen molar-refractivity contribution < 1.29 is 31.8 Å². The number of benzene rings is 1. The molecule has 3 heterocycles. The molecule has 0 unspecified atom stereocenters. The highest BCUT2D eigenvalue weighted by molar-refractivity contribution is 7.15. The summed E-state index contributed by atoms with van der Waals surface area (Å²) in [5, 5.41) is 6.18. The summed E-state index contributed by atoms with van der Waals surface area (Å²) in [6.45, 7) is 5.56. The number of ether oxygens (including phenoxy) is 2. The van der Waals surface area contributed by atoms with Crippen molar-refractivity contribution in [3.05, 3.63) is 58.4 Å². The molecule has 0 bridgehead atoms. The molecular formula is C24H25F4N5O3S. The Morgan fingerprint density at radius 3 is 2.65 bits per heavy atom. The molecule has 1 aromatic carbocycles. The summed E-state index contributed by atoms with van der Waals surface area (Å²) < 4.78 is 65.4. The zero-order chi connectivity index (χ0) is 26.6. The van der Waals surface area contributed by atoms with Crippen LogP contribution in [0.4, 0.5) is 17.6 Å². The molecule has 37 heavy (non-hydrogen) atoms. The lowest BCUT2D eigenvalue weighted by atomic mass is 10.1. The number of hydrogen-bond donors (Lipinski definition) is 2. The van der Waals surface area contributed by atoms with Gasteiger partial charge in [0, 0.05) is 42.1 Å². The first kappa shape index (κ1) is 26.9. The first-order valence-electron chi connectivity index (χ1n) is 11.6. The van der Waals surface area contributed by atoms with E-state index >= 15 is 4.39 Å². The fourth-order valence-corrected chi connectivity index (χ4v) is 4.44. The molecular weight excluding hydrogens is 514 g/mol. The summed E-state index contributed by atoms with van der Waals surface area (Å²) in [4.78, 5) is 25.0. The van der Waals surface area contributed by atoms with Gasteiger partial charge in [-0.1, -0.05) is 6.92 Å². The van der Waals surface area contributed by atoms with Gasteiger partial charge in [0.05, 0.1) is 23.8 Å². The van der Waals surface area contributed by atoms with E-state index in [9.17, 15) is 18.0 Å². The van der Waals surface area contributed by atoms with E-state index in [0.717, 1.165) is 30.2 Å². The number of carbonyl (C=O) groups is 1. The highest BCUT2D eigenvalue weighted by Crippen LogP contribution is 2.33. The zero-order valence-electron chi connectivity index (χ0n) is 20.1. The Labute approximate surface area is 214 Å². The highest BCUT2D eigenvalue weighted by Gasteiger charge is 2.34. The van der Waals surface area contributed by atoms with E-state index in [0.29, 0.717) is 18.2 Å². The molecule has 0 saturated carbocycles. The minimum absolute atomic E-state index is 0.112.